The number of nitriles is 1. The molecule has 0 bridgehead atoms. The second-order valence-corrected chi connectivity index (χ2v) is 4.26. The van der Waals surface area contributed by atoms with E-state index in [2.05, 4.69) is 0 Å². The number of hydrogen-bond donors (Lipinski definition) is 0. The Morgan fingerprint density at radius 3 is 2.65 bits per heavy atom. The largest absolute Gasteiger partial charge is 0.486 e. The van der Waals surface area contributed by atoms with Gasteiger partial charge in [-0.05, 0) is 26.3 Å². The lowest BCUT2D eigenvalue weighted by molar-refractivity contribution is -0.384. The summed E-state index contributed by atoms with van der Waals surface area (Å²) in [4.78, 5) is 10.0. The molecule has 1 aromatic rings. The molecule has 0 aliphatic carbocycles. The summed E-state index contributed by atoms with van der Waals surface area (Å²) in [5.74, 6) is 0.380. The molecule has 0 heterocycles. The van der Waals surface area contributed by atoms with Crippen molar-refractivity contribution in [2.24, 2.45) is 0 Å². The number of hydrogen-bond acceptors (Lipinski definition) is 4. The van der Waals surface area contributed by atoms with E-state index in [1.807, 2.05) is 26.8 Å². The molecule has 0 spiro atoms. The highest BCUT2D eigenvalue weighted by molar-refractivity contribution is 5.50. The van der Waals surface area contributed by atoms with Crippen LogP contribution in [0.4, 0.5) is 5.69 Å². The molecule has 0 atom stereocenters. The number of nitrogens with zero attached hydrogens (tertiary/aromatic N) is 2. The summed E-state index contributed by atoms with van der Waals surface area (Å²) in [6.45, 7) is 5.77. The molecule has 0 unspecified atom stereocenters. The lowest BCUT2D eigenvalue weighted by Crippen LogP contribution is -2.27. The van der Waals surface area contributed by atoms with Gasteiger partial charge in [-0.25, -0.2) is 0 Å². The van der Waals surface area contributed by atoms with E-state index in [4.69, 9.17) is 10.00 Å². The van der Waals surface area contributed by atoms with E-state index >= 15 is 0 Å². The van der Waals surface area contributed by atoms with Crippen molar-refractivity contribution >= 4 is 5.69 Å². The molecular weight excluding hydrogens is 220 g/mol. The van der Waals surface area contributed by atoms with Crippen LogP contribution in [0.15, 0.2) is 18.2 Å². The molecule has 0 fully saturated rings. The minimum atomic E-state index is -0.532. The van der Waals surface area contributed by atoms with Crippen LogP contribution < -0.4 is 4.74 Å². The maximum Gasteiger partial charge on any atom is 0.271 e. The third-order valence-electron chi connectivity index (χ3n) is 2.53. The Morgan fingerprint density at radius 2 is 2.18 bits per heavy atom. The molecule has 0 aliphatic rings. The predicted octanol–water partition coefficient (Wildman–Crippen LogP) is 3.03. The quantitative estimate of drug-likeness (QED) is 0.592. The van der Waals surface area contributed by atoms with Gasteiger partial charge >= 0.3 is 0 Å². The first-order valence-corrected chi connectivity index (χ1v) is 5.27. The second-order valence-electron chi connectivity index (χ2n) is 4.26. The molecule has 0 N–H and O–H groups in total. The Hall–Kier alpha value is -2.09. The zero-order valence-corrected chi connectivity index (χ0v) is 10.1. The molecular formula is C12H14N2O3. The van der Waals surface area contributed by atoms with Crippen molar-refractivity contribution in [1.29, 1.82) is 5.26 Å². The molecule has 1 rings (SSSR count). The van der Waals surface area contributed by atoms with Crippen LogP contribution in [0, 0.1) is 21.4 Å². The van der Waals surface area contributed by atoms with E-state index < -0.39 is 10.5 Å². The Bertz CT molecular complexity index is 475. The first kappa shape index (κ1) is 13.0. The lowest BCUT2D eigenvalue weighted by Gasteiger charge is -2.25. The van der Waals surface area contributed by atoms with Crippen LogP contribution in [0.2, 0.25) is 0 Å². The zero-order valence-electron chi connectivity index (χ0n) is 10.1. The van der Waals surface area contributed by atoms with Crippen LogP contribution in [0.1, 0.15) is 32.8 Å². The molecule has 0 saturated heterocycles. The molecule has 5 heteroatoms. The van der Waals surface area contributed by atoms with Gasteiger partial charge in [-0.15, -0.1) is 0 Å². The summed E-state index contributed by atoms with van der Waals surface area (Å²) in [5, 5.41) is 19.5. The van der Waals surface area contributed by atoms with Crippen LogP contribution >= 0.6 is 0 Å². The van der Waals surface area contributed by atoms with Gasteiger partial charge < -0.3 is 4.74 Å². The van der Waals surface area contributed by atoms with Gasteiger partial charge in [0, 0.05) is 12.1 Å². The highest BCUT2D eigenvalue weighted by Gasteiger charge is 2.20. The van der Waals surface area contributed by atoms with Crippen molar-refractivity contribution in [2.45, 2.75) is 32.8 Å². The fourth-order valence-electron chi connectivity index (χ4n) is 1.18. The van der Waals surface area contributed by atoms with Gasteiger partial charge in [-0.3, -0.25) is 10.1 Å². The van der Waals surface area contributed by atoms with Gasteiger partial charge in [0.05, 0.1) is 4.92 Å². The van der Waals surface area contributed by atoms with Gasteiger partial charge in [0.25, 0.3) is 5.69 Å². The summed E-state index contributed by atoms with van der Waals surface area (Å²) in [6.07, 6.45) is 0.773. The minimum absolute atomic E-state index is 0.108. The molecule has 0 saturated carbocycles. The number of nitro benzene ring substituents is 1. The fourth-order valence-corrected chi connectivity index (χ4v) is 1.18. The van der Waals surface area contributed by atoms with E-state index in [9.17, 15) is 10.1 Å². The smallest absolute Gasteiger partial charge is 0.271 e. The van der Waals surface area contributed by atoms with E-state index in [1.54, 1.807) is 0 Å². The predicted molar refractivity (Wildman–Crippen MR) is 62.8 cm³/mol. The van der Waals surface area contributed by atoms with Crippen LogP contribution in [-0.4, -0.2) is 10.5 Å². The standard InChI is InChI=1S/C12H14N2O3/c1-4-12(2,3)17-11-6-5-10(14(15)16)7-9(11)8-13/h5-7H,4H2,1-3H3. The van der Waals surface area contributed by atoms with Gasteiger partial charge in [0.1, 0.15) is 23.0 Å². The van der Waals surface area contributed by atoms with Crippen molar-refractivity contribution in [3.8, 4) is 11.8 Å². The van der Waals surface area contributed by atoms with E-state index in [0.717, 1.165) is 6.42 Å². The molecule has 0 aliphatic heterocycles. The van der Waals surface area contributed by atoms with Crippen LogP contribution in [-0.2, 0) is 0 Å². The summed E-state index contributed by atoms with van der Waals surface area (Å²) < 4.78 is 5.66. The average molecular weight is 234 g/mol. The van der Waals surface area contributed by atoms with Crippen molar-refractivity contribution in [3.05, 3.63) is 33.9 Å². The number of benzene rings is 1. The van der Waals surface area contributed by atoms with Crippen LogP contribution in [0.25, 0.3) is 0 Å². The van der Waals surface area contributed by atoms with Crippen LogP contribution in [0.3, 0.4) is 0 Å². The lowest BCUT2D eigenvalue weighted by atomic mass is 10.1. The maximum absolute atomic E-state index is 10.6. The molecule has 5 nitrogen and oxygen atoms in total. The van der Waals surface area contributed by atoms with E-state index in [1.165, 1.54) is 18.2 Å². The van der Waals surface area contributed by atoms with E-state index in [-0.39, 0.29) is 11.3 Å². The molecule has 17 heavy (non-hydrogen) atoms. The minimum Gasteiger partial charge on any atom is -0.486 e. The highest BCUT2D eigenvalue weighted by Crippen LogP contribution is 2.27. The molecule has 0 amide bonds. The Balaban J connectivity index is 3.11. The molecule has 0 radical (unpaired) electrons. The fraction of sp³-hybridized carbons (Fsp3) is 0.417. The first-order valence-electron chi connectivity index (χ1n) is 5.27. The number of rotatable bonds is 4. The SMILES string of the molecule is CCC(C)(C)Oc1ccc([N+](=O)[O-])cc1C#N. The number of nitro groups is 1. The van der Waals surface area contributed by atoms with Crippen molar-refractivity contribution in [1.82, 2.24) is 0 Å². The summed E-state index contributed by atoms with van der Waals surface area (Å²) in [7, 11) is 0. The normalized spacial score (nSPS) is 10.7. The Kier molecular flexibility index (Phi) is 3.69. The average Bonchev–Trinajstić information content (AvgIpc) is 2.29. The summed E-state index contributed by atoms with van der Waals surface area (Å²) >= 11 is 0. The number of non-ortho nitro benzene ring substituents is 1. The number of ether oxygens (including phenoxy) is 1. The van der Waals surface area contributed by atoms with Gasteiger partial charge in [0.2, 0.25) is 0 Å². The third kappa shape index (κ3) is 3.18. The molecule has 0 aromatic heterocycles. The monoisotopic (exact) mass is 234 g/mol. The Labute approximate surface area is 99.8 Å². The Morgan fingerprint density at radius 1 is 1.53 bits per heavy atom. The topological polar surface area (TPSA) is 76.2 Å². The van der Waals surface area contributed by atoms with Crippen molar-refractivity contribution < 1.29 is 9.66 Å². The summed E-state index contributed by atoms with van der Waals surface area (Å²) in [5.41, 5.74) is -0.328. The van der Waals surface area contributed by atoms with Gasteiger partial charge in [-0.2, -0.15) is 5.26 Å². The third-order valence-corrected chi connectivity index (χ3v) is 2.53. The second kappa shape index (κ2) is 4.83. The van der Waals surface area contributed by atoms with Gasteiger partial charge in [0.15, 0.2) is 0 Å². The first-order chi connectivity index (χ1) is 7.89. The van der Waals surface area contributed by atoms with E-state index in [0.29, 0.717) is 5.75 Å². The molecule has 90 valence electrons. The summed E-state index contributed by atoms with van der Waals surface area (Å²) in [6, 6.07) is 5.93. The van der Waals surface area contributed by atoms with Crippen molar-refractivity contribution in [2.75, 3.05) is 0 Å². The zero-order chi connectivity index (χ0) is 13.1. The van der Waals surface area contributed by atoms with Gasteiger partial charge in [-0.1, -0.05) is 6.92 Å². The maximum atomic E-state index is 10.6. The highest BCUT2D eigenvalue weighted by atomic mass is 16.6. The van der Waals surface area contributed by atoms with Crippen molar-refractivity contribution in [3.63, 3.8) is 0 Å². The molecule has 1 aromatic carbocycles. The van der Waals surface area contributed by atoms with Crippen LogP contribution in [0.5, 0.6) is 5.75 Å².